The summed E-state index contributed by atoms with van der Waals surface area (Å²) in [6, 6.07) is 17.6. The maximum atomic E-state index is 13.8. The molecule has 0 aliphatic heterocycles. The maximum Gasteiger partial charge on any atom is 0.208 e. The zero-order chi connectivity index (χ0) is 16.2. The summed E-state index contributed by atoms with van der Waals surface area (Å²) in [6.07, 6.45) is 0. The normalized spacial score (nSPS) is 12.1. The highest BCUT2D eigenvalue weighted by Gasteiger charge is 2.46. The van der Waals surface area contributed by atoms with E-state index in [1.54, 1.807) is 55.5 Å². The number of carbonyl (C=O) groups is 1. The summed E-state index contributed by atoms with van der Waals surface area (Å²) in [6.45, 7) is 1.66. The van der Waals surface area contributed by atoms with Crippen molar-refractivity contribution in [3.63, 3.8) is 0 Å². The highest BCUT2D eigenvalue weighted by Crippen LogP contribution is 2.50. The van der Waals surface area contributed by atoms with Gasteiger partial charge in [0.15, 0.2) is 0 Å². The minimum absolute atomic E-state index is 0.0268. The second-order valence-electron chi connectivity index (χ2n) is 5.41. The number of hydrogen-bond acceptors (Lipinski definition) is 2. The minimum Gasteiger partial charge on any atom is -0.306 e. The number of halogens is 2. The highest BCUT2D eigenvalue weighted by atomic mass is 35.5. The summed E-state index contributed by atoms with van der Waals surface area (Å²) in [5, 5.41) is 1.01. The summed E-state index contributed by atoms with van der Waals surface area (Å²) in [5.74, 6) is 0.0536. The molecule has 0 spiro atoms. The van der Waals surface area contributed by atoms with Gasteiger partial charge in [0.1, 0.15) is 0 Å². The molecule has 0 amide bonds. The Morgan fingerprint density at radius 3 is 1.59 bits per heavy atom. The van der Waals surface area contributed by atoms with Gasteiger partial charge in [0.05, 0.1) is 5.41 Å². The van der Waals surface area contributed by atoms with Crippen LogP contribution in [0.5, 0.6) is 0 Å². The lowest BCUT2D eigenvalue weighted by Gasteiger charge is -2.28. The van der Waals surface area contributed by atoms with Crippen LogP contribution in [0.15, 0.2) is 60.7 Å². The van der Waals surface area contributed by atoms with Crippen LogP contribution in [0.25, 0.3) is 0 Å². The van der Waals surface area contributed by atoms with Gasteiger partial charge in [-0.2, -0.15) is 0 Å². The molecule has 2 aromatic carbocycles. The second kappa shape index (κ2) is 7.00. The van der Waals surface area contributed by atoms with Crippen LogP contribution in [0.2, 0.25) is 0 Å². The zero-order valence-electron chi connectivity index (χ0n) is 12.2. The van der Waals surface area contributed by atoms with Gasteiger partial charge in [-0.1, -0.05) is 60.7 Å². The van der Waals surface area contributed by atoms with Crippen molar-refractivity contribution in [2.45, 2.75) is 6.92 Å². The van der Waals surface area contributed by atoms with E-state index in [2.05, 4.69) is 0 Å². The lowest BCUT2D eigenvalue weighted by atomic mass is 9.98. The lowest BCUT2D eigenvalue weighted by Crippen LogP contribution is -2.37. The fourth-order valence-electron chi connectivity index (χ4n) is 2.19. The average Bonchev–Trinajstić information content (AvgIpc) is 2.61. The first-order chi connectivity index (χ1) is 10.5. The Morgan fingerprint density at radius 1 is 0.909 bits per heavy atom. The molecule has 0 atom stereocenters. The van der Waals surface area contributed by atoms with E-state index in [-0.39, 0.29) is 11.8 Å². The van der Waals surface area contributed by atoms with E-state index in [1.165, 1.54) is 0 Å². The topological polar surface area (TPSA) is 34.1 Å². The molecule has 5 heteroatoms. The van der Waals surface area contributed by atoms with Crippen LogP contribution in [0, 0.1) is 5.41 Å². The van der Waals surface area contributed by atoms with Crippen LogP contribution in [0.4, 0.5) is 0 Å². The Kier molecular flexibility index (Phi) is 5.50. The molecule has 0 aliphatic carbocycles. The molecule has 0 radical (unpaired) electrons. The van der Waals surface area contributed by atoms with E-state index in [1.807, 2.05) is 12.1 Å². The second-order valence-corrected chi connectivity index (χ2v) is 8.61. The molecule has 0 fully saturated rings. The maximum absolute atomic E-state index is 13.8. The molecule has 116 valence electrons. The van der Waals surface area contributed by atoms with Crippen LogP contribution < -0.4 is 10.6 Å². The molecule has 22 heavy (non-hydrogen) atoms. The van der Waals surface area contributed by atoms with E-state index < -0.39 is 18.1 Å². The third-order valence-electron chi connectivity index (χ3n) is 3.63. The molecule has 0 aliphatic rings. The summed E-state index contributed by atoms with van der Waals surface area (Å²) in [5.41, 5.74) is -1.44. The Labute approximate surface area is 140 Å². The minimum atomic E-state index is -3.48. The predicted molar refractivity (Wildman–Crippen MR) is 94.3 cm³/mol. The fourth-order valence-corrected chi connectivity index (χ4v) is 5.77. The van der Waals surface area contributed by atoms with Crippen LogP contribution >= 0.6 is 30.3 Å². The van der Waals surface area contributed by atoms with Crippen LogP contribution in [-0.4, -0.2) is 17.3 Å². The van der Waals surface area contributed by atoms with Crippen molar-refractivity contribution in [3.05, 3.63) is 60.7 Å². The number of benzene rings is 2. The number of rotatable bonds is 6. The van der Waals surface area contributed by atoms with Gasteiger partial charge in [0.25, 0.3) is 0 Å². The molecule has 0 aromatic heterocycles. The third kappa shape index (κ3) is 3.01. The third-order valence-corrected chi connectivity index (χ3v) is 7.97. The van der Waals surface area contributed by atoms with Crippen molar-refractivity contribution in [3.8, 4) is 0 Å². The van der Waals surface area contributed by atoms with Crippen molar-refractivity contribution in [2.24, 2.45) is 5.41 Å². The fraction of sp³-hybridized carbons (Fsp3) is 0.235. The van der Waals surface area contributed by atoms with Crippen molar-refractivity contribution < 1.29 is 9.36 Å². The smallest absolute Gasteiger partial charge is 0.208 e. The van der Waals surface area contributed by atoms with Gasteiger partial charge in [-0.3, -0.25) is 4.79 Å². The van der Waals surface area contributed by atoms with Gasteiger partial charge >= 0.3 is 0 Å². The summed E-state index contributed by atoms with van der Waals surface area (Å²) in [4.78, 5) is 13.1. The lowest BCUT2D eigenvalue weighted by molar-refractivity contribution is -0.117. The zero-order valence-corrected chi connectivity index (χ0v) is 14.6. The van der Waals surface area contributed by atoms with E-state index in [4.69, 9.17) is 23.2 Å². The van der Waals surface area contributed by atoms with Gasteiger partial charge in [-0.15, -0.1) is 23.2 Å². The quantitative estimate of drug-likeness (QED) is 0.580. The molecule has 2 rings (SSSR count). The van der Waals surface area contributed by atoms with Crippen LogP contribution in [-0.2, 0) is 9.36 Å². The van der Waals surface area contributed by atoms with E-state index in [0.29, 0.717) is 10.6 Å². The molecule has 0 unspecified atom stereocenters. The Bertz CT molecular complexity index is 639. The molecular formula is C17H17Cl2O2P. The molecule has 2 aromatic rings. The molecule has 0 heterocycles. The number of hydrogen-bond donors (Lipinski definition) is 0. The van der Waals surface area contributed by atoms with Crippen LogP contribution in [0.1, 0.15) is 6.92 Å². The molecule has 0 saturated heterocycles. The average molecular weight is 355 g/mol. The van der Waals surface area contributed by atoms with E-state index in [0.717, 1.165) is 0 Å². The van der Waals surface area contributed by atoms with Crippen molar-refractivity contribution in [2.75, 3.05) is 11.8 Å². The summed E-state index contributed by atoms with van der Waals surface area (Å²) < 4.78 is 13.8. The Balaban J connectivity index is 2.68. The Morgan fingerprint density at radius 2 is 1.27 bits per heavy atom. The van der Waals surface area contributed by atoms with Crippen molar-refractivity contribution >= 4 is 46.5 Å². The number of carbonyl (C=O) groups excluding carboxylic acids is 1. The van der Waals surface area contributed by atoms with E-state index >= 15 is 0 Å². The van der Waals surface area contributed by atoms with E-state index in [9.17, 15) is 9.36 Å². The van der Waals surface area contributed by atoms with Crippen molar-refractivity contribution in [1.29, 1.82) is 0 Å². The first-order valence-electron chi connectivity index (χ1n) is 6.87. The molecular weight excluding hydrogens is 338 g/mol. The largest absolute Gasteiger partial charge is 0.306 e. The first kappa shape index (κ1) is 17.3. The van der Waals surface area contributed by atoms with Gasteiger partial charge in [0, 0.05) is 22.4 Å². The molecule has 2 nitrogen and oxygen atoms in total. The summed E-state index contributed by atoms with van der Waals surface area (Å²) >= 11 is 11.9. The van der Waals surface area contributed by atoms with Gasteiger partial charge in [-0.05, 0) is 6.92 Å². The predicted octanol–water partition coefficient (Wildman–Crippen LogP) is 4.01. The SMILES string of the molecule is CC(CCl)(CCl)C(=O)P(=O)(c1ccccc1)c1ccccc1. The molecule has 0 saturated carbocycles. The van der Waals surface area contributed by atoms with Gasteiger partial charge in [-0.25, -0.2) is 0 Å². The summed E-state index contributed by atoms with van der Waals surface area (Å²) in [7, 11) is -3.48. The van der Waals surface area contributed by atoms with Gasteiger partial charge < -0.3 is 4.57 Å². The monoisotopic (exact) mass is 354 g/mol. The first-order valence-corrected chi connectivity index (χ1v) is 9.65. The van der Waals surface area contributed by atoms with Crippen LogP contribution in [0.3, 0.4) is 0 Å². The Hall–Kier alpha value is -1.08. The van der Waals surface area contributed by atoms with Gasteiger partial charge in [0.2, 0.25) is 12.7 Å². The highest BCUT2D eigenvalue weighted by molar-refractivity contribution is 7.93. The number of alkyl halides is 2. The molecule has 0 bridgehead atoms. The van der Waals surface area contributed by atoms with Crippen molar-refractivity contribution in [1.82, 2.24) is 0 Å². The standard InChI is InChI=1S/C17H17Cl2O2P/c1-17(12-18,13-19)16(20)22(21,14-8-4-2-5-9-14)15-10-6-3-7-11-15/h2-11H,12-13H2,1H3. The molecule has 0 N–H and O–H groups in total.